The van der Waals surface area contributed by atoms with Gasteiger partial charge in [0.1, 0.15) is 10.6 Å². The summed E-state index contributed by atoms with van der Waals surface area (Å²) in [4.78, 5) is 20.3. The van der Waals surface area contributed by atoms with Crippen LogP contribution in [0.3, 0.4) is 0 Å². The number of unbranched alkanes of at least 4 members (excludes halogenated alkanes) is 1. The predicted octanol–water partition coefficient (Wildman–Crippen LogP) is 4.19. The van der Waals surface area contributed by atoms with Crippen molar-refractivity contribution in [2.45, 2.75) is 18.0 Å². The summed E-state index contributed by atoms with van der Waals surface area (Å²) in [5.74, 6) is 0.425. The lowest BCUT2D eigenvalue weighted by Gasteiger charge is -2.01. The van der Waals surface area contributed by atoms with Gasteiger partial charge in [-0.05, 0) is 24.1 Å². The summed E-state index contributed by atoms with van der Waals surface area (Å²) in [7, 11) is 0. The molecule has 0 aliphatic carbocycles. The molecule has 1 aromatic carbocycles. The van der Waals surface area contributed by atoms with Crippen LogP contribution in [0.1, 0.15) is 12.8 Å². The van der Waals surface area contributed by atoms with Gasteiger partial charge in [-0.1, -0.05) is 23.9 Å². The van der Waals surface area contributed by atoms with E-state index < -0.39 is 0 Å². The van der Waals surface area contributed by atoms with Crippen molar-refractivity contribution in [2.24, 2.45) is 0 Å². The molecule has 3 aromatic rings. The molecule has 7 heteroatoms. The minimum absolute atomic E-state index is 0.196. The summed E-state index contributed by atoms with van der Waals surface area (Å²) in [5.41, 5.74) is 1.36. The van der Waals surface area contributed by atoms with Crippen LogP contribution >= 0.6 is 23.1 Å². The Morgan fingerprint density at radius 2 is 2.13 bits per heavy atom. The zero-order valence-electron chi connectivity index (χ0n) is 12.0. The molecule has 0 unspecified atom stereocenters. The van der Waals surface area contributed by atoms with E-state index in [1.165, 1.54) is 35.2 Å². The second-order valence-electron chi connectivity index (χ2n) is 4.82. The molecule has 0 amide bonds. The minimum Gasteiger partial charge on any atom is -0.301 e. The number of nitrogens with one attached hydrogen (secondary N) is 1. The monoisotopic (exact) mass is 345 g/mol. The van der Waals surface area contributed by atoms with Gasteiger partial charge in [0.25, 0.3) is 5.56 Å². The van der Waals surface area contributed by atoms with Crippen LogP contribution in [0.4, 0.5) is 4.39 Å². The highest BCUT2D eigenvalue weighted by molar-refractivity contribution is 7.99. The molecule has 0 spiro atoms. The van der Waals surface area contributed by atoms with Gasteiger partial charge in [-0.15, -0.1) is 11.3 Å². The molecule has 2 aromatic heterocycles. The van der Waals surface area contributed by atoms with Crippen molar-refractivity contribution in [2.75, 3.05) is 5.75 Å². The van der Waals surface area contributed by atoms with Crippen LogP contribution in [0.5, 0.6) is 0 Å². The number of fused-ring (bicyclic) bond motifs is 1. The van der Waals surface area contributed by atoms with E-state index in [1.54, 1.807) is 12.1 Å². The van der Waals surface area contributed by atoms with Crippen LogP contribution in [0.25, 0.3) is 21.3 Å². The lowest BCUT2D eigenvalue weighted by atomic mass is 10.1. The fourth-order valence-corrected chi connectivity index (χ4v) is 3.97. The Kier molecular flexibility index (Phi) is 4.74. The van der Waals surface area contributed by atoms with Gasteiger partial charge in [0.05, 0.1) is 11.5 Å². The maximum absolute atomic E-state index is 13.0. The van der Waals surface area contributed by atoms with Crippen LogP contribution in [0.15, 0.2) is 39.6 Å². The molecule has 0 saturated carbocycles. The Morgan fingerprint density at radius 3 is 2.87 bits per heavy atom. The highest BCUT2D eigenvalue weighted by atomic mass is 32.2. The van der Waals surface area contributed by atoms with Crippen molar-refractivity contribution in [1.29, 1.82) is 5.26 Å². The molecular weight excluding hydrogens is 333 g/mol. The van der Waals surface area contributed by atoms with E-state index in [4.69, 9.17) is 5.26 Å². The second kappa shape index (κ2) is 6.94. The number of rotatable bonds is 5. The van der Waals surface area contributed by atoms with E-state index in [1.807, 2.05) is 5.38 Å². The summed E-state index contributed by atoms with van der Waals surface area (Å²) >= 11 is 2.83. The summed E-state index contributed by atoms with van der Waals surface area (Å²) in [6.07, 6.45) is 1.25. The van der Waals surface area contributed by atoms with Crippen molar-refractivity contribution in [1.82, 2.24) is 9.97 Å². The Balaban J connectivity index is 1.93. The molecule has 3 rings (SSSR count). The summed E-state index contributed by atoms with van der Waals surface area (Å²) in [6, 6.07) is 8.15. The molecule has 116 valence electrons. The predicted molar refractivity (Wildman–Crippen MR) is 91.2 cm³/mol. The van der Waals surface area contributed by atoms with Gasteiger partial charge in [0, 0.05) is 23.1 Å². The zero-order chi connectivity index (χ0) is 16.2. The van der Waals surface area contributed by atoms with Gasteiger partial charge in [-0.25, -0.2) is 9.37 Å². The molecular formula is C16H12FN3OS2. The first-order chi connectivity index (χ1) is 11.2. The van der Waals surface area contributed by atoms with Gasteiger partial charge in [0.15, 0.2) is 5.16 Å². The highest BCUT2D eigenvalue weighted by Crippen LogP contribution is 2.31. The molecule has 0 aliphatic rings. The normalized spacial score (nSPS) is 10.8. The summed E-state index contributed by atoms with van der Waals surface area (Å²) < 4.78 is 13.0. The van der Waals surface area contributed by atoms with Crippen molar-refractivity contribution < 1.29 is 4.39 Å². The molecule has 2 heterocycles. The minimum atomic E-state index is -0.309. The molecule has 0 saturated heterocycles. The number of nitrogens with zero attached hydrogens (tertiary/aromatic N) is 2. The smallest absolute Gasteiger partial charge is 0.260 e. The van der Waals surface area contributed by atoms with Gasteiger partial charge in [-0.2, -0.15) is 5.26 Å². The molecule has 23 heavy (non-hydrogen) atoms. The highest BCUT2D eigenvalue weighted by Gasteiger charge is 2.13. The second-order valence-corrected chi connectivity index (χ2v) is 6.76. The maximum Gasteiger partial charge on any atom is 0.260 e. The van der Waals surface area contributed by atoms with E-state index in [0.717, 1.165) is 23.3 Å². The number of halogens is 1. The molecule has 0 atom stereocenters. The van der Waals surface area contributed by atoms with Crippen molar-refractivity contribution in [3.8, 4) is 17.2 Å². The van der Waals surface area contributed by atoms with Crippen LogP contribution < -0.4 is 5.56 Å². The van der Waals surface area contributed by atoms with Crippen molar-refractivity contribution >= 4 is 33.3 Å². The standard InChI is InChI=1S/C16H12FN3OS2/c17-11-5-3-10(4-6-11)12-9-23-15-13(12)14(21)19-16(20-15)22-8-2-1-7-18/h3-6,9H,1-2,8H2,(H,19,20,21). The van der Waals surface area contributed by atoms with E-state index in [0.29, 0.717) is 21.8 Å². The summed E-state index contributed by atoms with van der Waals surface area (Å²) in [6.45, 7) is 0. The topological polar surface area (TPSA) is 69.5 Å². The molecule has 0 bridgehead atoms. The van der Waals surface area contributed by atoms with E-state index in [9.17, 15) is 9.18 Å². The van der Waals surface area contributed by atoms with E-state index in [2.05, 4.69) is 16.0 Å². The lowest BCUT2D eigenvalue weighted by Crippen LogP contribution is -2.08. The first-order valence-electron chi connectivity index (χ1n) is 6.96. The van der Waals surface area contributed by atoms with Gasteiger partial charge >= 0.3 is 0 Å². The number of thioether (sulfide) groups is 1. The van der Waals surface area contributed by atoms with Crippen LogP contribution in [0.2, 0.25) is 0 Å². The zero-order valence-corrected chi connectivity index (χ0v) is 13.6. The van der Waals surface area contributed by atoms with Crippen molar-refractivity contribution in [3.05, 3.63) is 45.8 Å². The van der Waals surface area contributed by atoms with Crippen molar-refractivity contribution in [3.63, 3.8) is 0 Å². The first-order valence-corrected chi connectivity index (χ1v) is 8.83. The SMILES string of the molecule is N#CCCCSc1nc2scc(-c3ccc(F)cc3)c2c(=O)[nH]1. The number of aromatic amines is 1. The van der Waals surface area contributed by atoms with Crippen LogP contribution in [-0.4, -0.2) is 15.7 Å². The Labute approximate surface area is 140 Å². The average Bonchev–Trinajstić information content (AvgIpc) is 2.97. The molecule has 0 fully saturated rings. The van der Waals surface area contributed by atoms with Gasteiger partial charge < -0.3 is 4.98 Å². The van der Waals surface area contributed by atoms with Crippen LogP contribution in [-0.2, 0) is 0 Å². The molecule has 1 N–H and O–H groups in total. The molecule has 0 radical (unpaired) electrons. The fourth-order valence-electron chi connectivity index (χ4n) is 2.16. The third-order valence-electron chi connectivity index (χ3n) is 3.25. The number of thiophene rings is 1. The molecule has 4 nitrogen and oxygen atoms in total. The number of H-pyrrole nitrogens is 1. The van der Waals surface area contributed by atoms with Gasteiger partial charge in [0.2, 0.25) is 0 Å². The molecule has 0 aliphatic heterocycles. The lowest BCUT2D eigenvalue weighted by molar-refractivity contribution is 0.628. The third-order valence-corrected chi connectivity index (χ3v) is 5.08. The van der Waals surface area contributed by atoms with Crippen LogP contribution in [0, 0.1) is 17.1 Å². The Bertz CT molecular complexity index is 925. The number of aromatic nitrogens is 2. The third kappa shape index (κ3) is 3.44. The largest absolute Gasteiger partial charge is 0.301 e. The quantitative estimate of drug-likeness (QED) is 0.428. The average molecular weight is 345 g/mol. The van der Waals surface area contributed by atoms with Gasteiger partial charge in [-0.3, -0.25) is 4.79 Å². The Hall–Kier alpha value is -2.17. The van der Waals surface area contributed by atoms with E-state index >= 15 is 0 Å². The number of nitriles is 1. The number of hydrogen-bond acceptors (Lipinski definition) is 5. The first kappa shape index (κ1) is 15.7. The fraction of sp³-hybridized carbons (Fsp3) is 0.188. The number of hydrogen-bond donors (Lipinski definition) is 1. The number of benzene rings is 1. The summed E-state index contributed by atoms with van der Waals surface area (Å²) in [5, 5.41) is 11.5. The van der Waals surface area contributed by atoms with E-state index in [-0.39, 0.29) is 11.4 Å². The maximum atomic E-state index is 13.0. The Morgan fingerprint density at radius 1 is 1.35 bits per heavy atom.